The van der Waals surface area contributed by atoms with Gasteiger partial charge in [-0.25, -0.2) is 0 Å². The number of esters is 1. The van der Waals surface area contributed by atoms with Gasteiger partial charge >= 0.3 is 5.97 Å². The van der Waals surface area contributed by atoms with Crippen molar-refractivity contribution in [3.8, 4) is 0 Å². The molecule has 1 aliphatic rings. The third-order valence-corrected chi connectivity index (χ3v) is 2.09. The van der Waals surface area contributed by atoms with E-state index in [0.29, 0.717) is 13.1 Å². The Labute approximate surface area is 77.0 Å². The summed E-state index contributed by atoms with van der Waals surface area (Å²) in [6, 6.07) is 0.239. The van der Waals surface area contributed by atoms with Gasteiger partial charge in [-0.1, -0.05) is 0 Å². The maximum Gasteiger partial charge on any atom is 0.319 e. The Morgan fingerprint density at radius 2 is 2.15 bits per heavy atom. The molecule has 0 atom stereocenters. The number of amides is 1. The first kappa shape index (κ1) is 9.98. The number of hydrogen-bond donors (Lipinski definition) is 1. The fraction of sp³-hybridized carbons (Fsp3) is 0.750. The van der Waals surface area contributed by atoms with Gasteiger partial charge in [0.05, 0.1) is 13.7 Å². The minimum absolute atomic E-state index is 0.0797. The molecular weight excluding hydrogens is 172 g/mol. The van der Waals surface area contributed by atoms with Crippen molar-refractivity contribution in [2.45, 2.75) is 13.0 Å². The number of ether oxygens (including phenoxy) is 1. The summed E-state index contributed by atoms with van der Waals surface area (Å²) < 4.78 is 4.46. The van der Waals surface area contributed by atoms with Crippen molar-refractivity contribution in [1.29, 1.82) is 0 Å². The van der Waals surface area contributed by atoms with E-state index in [1.807, 2.05) is 0 Å². The molecule has 5 heteroatoms. The summed E-state index contributed by atoms with van der Waals surface area (Å²) in [7, 11) is 1.35. The monoisotopic (exact) mass is 186 g/mol. The molecule has 0 aliphatic carbocycles. The first-order valence-corrected chi connectivity index (χ1v) is 4.19. The van der Waals surface area contributed by atoms with Crippen LogP contribution in [0, 0.1) is 0 Å². The number of nitrogens with one attached hydrogen (secondary N) is 1. The molecular formula is C8H14N2O3. The molecule has 0 unspecified atom stereocenters. The normalized spacial score (nSPS) is 16.6. The van der Waals surface area contributed by atoms with Gasteiger partial charge in [0, 0.05) is 26.1 Å². The molecule has 74 valence electrons. The second-order valence-electron chi connectivity index (χ2n) is 3.08. The van der Waals surface area contributed by atoms with Crippen LogP contribution in [0.5, 0.6) is 0 Å². The molecule has 1 aliphatic heterocycles. The molecule has 0 aromatic rings. The fourth-order valence-electron chi connectivity index (χ4n) is 1.16. The van der Waals surface area contributed by atoms with E-state index in [0.717, 1.165) is 0 Å². The number of likely N-dealkylation sites (tertiary alicyclic amines) is 1. The molecule has 1 fully saturated rings. The Kier molecular flexibility index (Phi) is 3.25. The predicted molar refractivity (Wildman–Crippen MR) is 46.1 cm³/mol. The fourth-order valence-corrected chi connectivity index (χ4v) is 1.16. The standard InChI is InChI=1S/C8H14N2O3/c1-6(11)10-4-7(5-10)9-3-8(12)13-2/h7,9H,3-5H2,1-2H3. The number of rotatable bonds is 3. The number of nitrogens with zero attached hydrogens (tertiary/aromatic N) is 1. The van der Waals surface area contributed by atoms with Crippen molar-refractivity contribution in [3.63, 3.8) is 0 Å². The van der Waals surface area contributed by atoms with Crippen molar-refractivity contribution >= 4 is 11.9 Å². The van der Waals surface area contributed by atoms with E-state index < -0.39 is 0 Å². The van der Waals surface area contributed by atoms with Gasteiger partial charge in [0.1, 0.15) is 0 Å². The third kappa shape index (κ3) is 2.69. The van der Waals surface area contributed by atoms with Crippen LogP contribution in [0.25, 0.3) is 0 Å². The third-order valence-electron chi connectivity index (χ3n) is 2.09. The highest BCUT2D eigenvalue weighted by Gasteiger charge is 2.28. The Morgan fingerprint density at radius 1 is 1.54 bits per heavy atom. The van der Waals surface area contributed by atoms with E-state index in [4.69, 9.17) is 0 Å². The molecule has 1 N–H and O–H groups in total. The SMILES string of the molecule is COC(=O)CNC1CN(C(C)=O)C1. The van der Waals surface area contributed by atoms with Gasteiger partial charge in [0.15, 0.2) is 0 Å². The maximum absolute atomic E-state index is 10.8. The highest BCUT2D eigenvalue weighted by Crippen LogP contribution is 2.06. The topological polar surface area (TPSA) is 58.6 Å². The van der Waals surface area contributed by atoms with Crippen molar-refractivity contribution in [3.05, 3.63) is 0 Å². The molecule has 1 rings (SSSR count). The van der Waals surface area contributed by atoms with Gasteiger partial charge in [-0.3, -0.25) is 9.59 Å². The molecule has 1 saturated heterocycles. The Morgan fingerprint density at radius 3 is 2.62 bits per heavy atom. The molecule has 5 nitrogen and oxygen atoms in total. The van der Waals surface area contributed by atoms with Gasteiger partial charge in [0.25, 0.3) is 0 Å². The smallest absolute Gasteiger partial charge is 0.319 e. The second-order valence-corrected chi connectivity index (χ2v) is 3.08. The molecule has 13 heavy (non-hydrogen) atoms. The van der Waals surface area contributed by atoms with Crippen LogP contribution in [0.3, 0.4) is 0 Å². The lowest BCUT2D eigenvalue weighted by Gasteiger charge is -2.38. The molecule has 0 radical (unpaired) electrons. The summed E-state index contributed by atoms with van der Waals surface area (Å²) in [6.45, 7) is 3.13. The summed E-state index contributed by atoms with van der Waals surface area (Å²) in [4.78, 5) is 23.2. The molecule has 0 aromatic carbocycles. The molecule has 0 spiro atoms. The predicted octanol–water partition coefficient (Wildman–Crippen LogP) is -1.02. The van der Waals surface area contributed by atoms with E-state index >= 15 is 0 Å². The van der Waals surface area contributed by atoms with Gasteiger partial charge in [-0.15, -0.1) is 0 Å². The van der Waals surface area contributed by atoms with Crippen LogP contribution in [-0.2, 0) is 14.3 Å². The van der Waals surface area contributed by atoms with E-state index in [2.05, 4.69) is 10.1 Å². The molecule has 1 amide bonds. The number of methoxy groups -OCH3 is 1. The average Bonchev–Trinajstić information content (AvgIpc) is 2.00. The minimum Gasteiger partial charge on any atom is -0.468 e. The molecule has 0 aromatic heterocycles. The first-order chi connectivity index (χ1) is 6.13. The number of hydrogen-bond acceptors (Lipinski definition) is 4. The van der Waals surface area contributed by atoms with Crippen LogP contribution in [0.1, 0.15) is 6.92 Å². The zero-order chi connectivity index (χ0) is 9.84. The lowest BCUT2D eigenvalue weighted by atomic mass is 10.1. The van der Waals surface area contributed by atoms with E-state index in [1.165, 1.54) is 14.0 Å². The van der Waals surface area contributed by atoms with Crippen LogP contribution in [0.15, 0.2) is 0 Å². The molecule has 0 saturated carbocycles. The zero-order valence-corrected chi connectivity index (χ0v) is 7.87. The summed E-state index contributed by atoms with van der Waals surface area (Å²) in [5.41, 5.74) is 0. The Balaban J connectivity index is 2.08. The highest BCUT2D eigenvalue weighted by molar-refractivity contribution is 5.74. The molecule has 1 heterocycles. The highest BCUT2D eigenvalue weighted by atomic mass is 16.5. The van der Waals surface area contributed by atoms with Crippen LogP contribution in [0.2, 0.25) is 0 Å². The van der Waals surface area contributed by atoms with E-state index in [-0.39, 0.29) is 24.5 Å². The Bertz CT molecular complexity index is 211. The van der Waals surface area contributed by atoms with Crippen molar-refractivity contribution in [2.24, 2.45) is 0 Å². The molecule has 0 bridgehead atoms. The van der Waals surface area contributed by atoms with Gasteiger partial charge in [-0.2, -0.15) is 0 Å². The van der Waals surface area contributed by atoms with Crippen LogP contribution >= 0.6 is 0 Å². The quantitative estimate of drug-likeness (QED) is 0.573. The van der Waals surface area contributed by atoms with Crippen LogP contribution in [0.4, 0.5) is 0 Å². The summed E-state index contributed by atoms with van der Waals surface area (Å²) in [6.07, 6.45) is 0. The lowest BCUT2D eigenvalue weighted by Crippen LogP contribution is -2.60. The largest absolute Gasteiger partial charge is 0.468 e. The summed E-state index contributed by atoms with van der Waals surface area (Å²) >= 11 is 0. The van der Waals surface area contributed by atoms with Gasteiger partial charge < -0.3 is 15.0 Å². The average molecular weight is 186 g/mol. The van der Waals surface area contributed by atoms with Gasteiger partial charge in [-0.05, 0) is 0 Å². The van der Waals surface area contributed by atoms with E-state index in [9.17, 15) is 9.59 Å². The van der Waals surface area contributed by atoms with Gasteiger partial charge in [0.2, 0.25) is 5.91 Å². The first-order valence-electron chi connectivity index (χ1n) is 4.19. The summed E-state index contributed by atoms with van der Waals surface area (Å²) in [5, 5.41) is 2.99. The Hall–Kier alpha value is -1.10. The van der Waals surface area contributed by atoms with Crippen LogP contribution in [-0.4, -0.2) is 49.6 Å². The van der Waals surface area contributed by atoms with Crippen molar-refractivity contribution < 1.29 is 14.3 Å². The number of carbonyl (C=O) groups excluding carboxylic acids is 2. The lowest BCUT2D eigenvalue weighted by molar-refractivity contribution is -0.140. The van der Waals surface area contributed by atoms with E-state index in [1.54, 1.807) is 4.90 Å². The second kappa shape index (κ2) is 4.23. The summed E-state index contributed by atoms with van der Waals surface area (Å²) in [5.74, 6) is -0.197. The van der Waals surface area contributed by atoms with Crippen molar-refractivity contribution in [2.75, 3.05) is 26.7 Å². The minimum atomic E-state index is -0.277. The maximum atomic E-state index is 10.8. The van der Waals surface area contributed by atoms with Crippen molar-refractivity contribution in [1.82, 2.24) is 10.2 Å². The zero-order valence-electron chi connectivity index (χ0n) is 7.87. The van der Waals surface area contributed by atoms with Crippen LogP contribution < -0.4 is 5.32 Å². The number of carbonyl (C=O) groups is 2.